The second-order valence-electron chi connectivity index (χ2n) is 10.8. The maximum atomic E-state index is 3.98. The van der Waals surface area contributed by atoms with Gasteiger partial charge in [-0.1, -0.05) is 118 Å². The van der Waals surface area contributed by atoms with Crippen LogP contribution in [0, 0.1) is 17.3 Å². The number of fused-ring (bicyclic) bond motifs is 2. The van der Waals surface area contributed by atoms with Crippen LogP contribution in [0.2, 0.25) is 0 Å². The highest BCUT2D eigenvalue weighted by atomic mass is 15.2. The van der Waals surface area contributed by atoms with Crippen LogP contribution in [0.4, 0.5) is 11.4 Å². The number of allylic oxidation sites excluding steroid dienone is 12. The quantitative estimate of drug-likeness (QED) is 0.382. The zero-order chi connectivity index (χ0) is 26.0. The van der Waals surface area contributed by atoms with Crippen LogP contribution in [0.15, 0.2) is 121 Å². The van der Waals surface area contributed by atoms with Gasteiger partial charge < -0.3 is 4.90 Å². The molecule has 0 saturated heterocycles. The monoisotopic (exact) mass is 483 g/mol. The molecule has 0 amide bonds. The Labute approximate surface area is 222 Å². The summed E-state index contributed by atoms with van der Waals surface area (Å²) < 4.78 is 0. The third kappa shape index (κ3) is 4.79. The largest absolute Gasteiger partial charge is 0.309 e. The zero-order valence-corrected chi connectivity index (χ0v) is 22.5. The summed E-state index contributed by atoms with van der Waals surface area (Å²) in [6, 6.07) is 15.5. The molecule has 1 heteroatoms. The molecular weight excluding hydrogens is 446 g/mol. The molecule has 0 bridgehead atoms. The molecule has 1 aliphatic heterocycles. The minimum absolute atomic E-state index is 0.152. The van der Waals surface area contributed by atoms with Crippen molar-refractivity contribution in [2.75, 3.05) is 4.90 Å². The van der Waals surface area contributed by atoms with E-state index in [0.717, 1.165) is 12.1 Å². The van der Waals surface area contributed by atoms with Crippen molar-refractivity contribution < 1.29 is 0 Å². The molecule has 1 heterocycles. The van der Waals surface area contributed by atoms with Gasteiger partial charge in [0.2, 0.25) is 0 Å². The van der Waals surface area contributed by atoms with E-state index < -0.39 is 0 Å². The topological polar surface area (TPSA) is 3.24 Å². The van der Waals surface area contributed by atoms with Crippen LogP contribution >= 0.6 is 0 Å². The molecule has 2 unspecified atom stereocenters. The lowest BCUT2D eigenvalue weighted by molar-refractivity contribution is 0.381. The van der Waals surface area contributed by atoms with Crippen molar-refractivity contribution in [1.82, 2.24) is 0 Å². The second kappa shape index (κ2) is 10.3. The summed E-state index contributed by atoms with van der Waals surface area (Å²) in [4.78, 5) is 2.34. The van der Waals surface area contributed by atoms with Crippen molar-refractivity contribution >= 4 is 29.1 Å². The Kier molecular flexibility index (Phi) is 6.89. The first kappa shape index (κ1) is 24.8. The van der Waals surface area contributed by atoms with Crippen LogP contribution in [0.5, 0.6) is 0 Å². The molecule has 1 nitrogen and oxygen atoms in total. The number of hydrogen-bond acceptors (Lipinski definition) is 1. The number of para-hydroxylation sites is 1. The lowest BCUT2D eigenvalue weighted by Crippen LogP contribution is -2.26. The summed E-state index contributed by atoms with van der Waals surface area (Å²) in [6.45, 7) is 13.1. The predicted molar refractivity (Wildman–Crippen MR) is 162 cm³/mol. The highest BCUT2D eigenvalue weighted by molar-refractivity contribution is 5.92. The lowest BCUT2D eigenvalue weighted by Gasteiger charge is -2.37. The van der Waals surface area contributed by atoms with Gasteiger partial charge in [-0.15, -0.1) is 0 Å². The highest BCUT2D eigenvalue weighted by Gasteiger charge is 2.33. The molecule has 37 heavy (non-hydrogen) atoms. The molecule has 0 aromatic heterocycles. The third-order valence-electron chi connectivity index (χ3n) is 7.80. The molecule has 2 aliphatic carbocycles. The van der Waals surface area contributed by atoms with Gasteiger partial charge in [0.25, 0.3) is 0 Å². The van der Waals surface area contributed by atoms with Crippen LogP contribution < -0.4 is 4.90 Å². The summed E-state index contributed by atoms with van der Waals surface area (Å²) >= 11 is 0. The van der Waals surface area contributed by atoms with E-state index in [1.54, 1.807) is 0 Å². The average Bonchev–Trinajstić information content (AvgIpc) is 3.05. The van der Waals surface area contributed by atoms with Crippen molar-refractivity contribution in [2.45, 2.75) is 34.1 Å². The molecule has 0 fully saturated rings. The number of hydrogen-bond donors (Lipinski definition) is 0. The first-order valence-corrected chi connectivity index (χ1v) is 13.4. The van der Waals surface area contributed by atoms with Crippen LogP contribution in [0.25, 0.3) is 17.7 Å². The molecule has 5 rings (SSSR count). The Bertz CT molecular complexity index is 1420. The minimum atomic E-state index is 0.152. The van der Waals surface area contributed by atoms with Gasteiger partial charge in [-0.25, -0.2) is 0 Å². The van der Waals surface area contributed by atoms with Crippen LogP contribution in [0.3, 0.4) is 0 Å². The van der Waals surface area contributed by atoms with Gasteiger partial charge in [0.15, 0.2) is 0 Å². The van der Waals surface area contributed by atoms with Gasteiger partial charge in [0, 0.05) is 11.6 Å². The molecular formula is C36H37N. The molecule has 2 aromatic carbocycles. The van der Waals surface area contributed by atoms with E-state index in [1.165, 1.54) is 39.2 Å². The molecule has 3 aliphatic rings. The molecule has 0 N–H and O–H groups in total. The Balaban J connectivity index is 1.61. The Morgan fingerprint density at radius 3 is 2.54 bits per heavy atom. The average molecular weight is 484 g/mol. The maximum absolute atomic E-state index is 3.98. The normalized spacial score (nSPS) is 22.3. The summed E-state index contributed by atoms with van der Waals surface area (Å²) in [5.74, 6) is 0.959. The van der Waals surface area contributed by atoms with E-state index in [4.69, 9.17) is 0 Å². The molecule has 0 spiro atoms. The molecule has 186 valence electrons. The number of anilines is 2. The summed E-state index contributed by atoms with van der Waals surface area (Å²) in [6.07, 6.45) is 27.7. The Morgan fingerprint density at radius 1 is 1.00 bits per heavy atom. The Morgan fingerprint density at radius 2 is 1.76 bits per heavy atom. The van der Waals surface area contributed by atoms with Crippen molar-refractivity contribution in [3.63, 3.8) is 0 Å². The maximum Gasteiger partial charge on any atom is 0.0534 e. The van der Waals surface area contributed by atoms with E-state index in [9.17, 15) is 0 Å². The van der Waals surface area contributed by atoms with Gasteiger partial charge in [-0.05, 0) is 77.3 Å². The molecule has 0 radical (unpaired) electrons. The first-order valence-electron chi connectivity index (χ1n) is 13.4. The predicted octanol–water partition coefficient (Wildman–Crippen LogP) is 10.1. The van der Waals surface area contributed by atoms with Gasteiger partial charge in [0.1, 0.15) is 0 Å². The molecule has 0 saturated carbocycles. The van der Waals surface area contributed by atoms with E-state index in [1.807, 2.05) is 6.08 Å². The minimum Gasteiger partial charge on any atom is -0.309 e. The summed E-state index contributed by atoms with van der Waals surface area (Å²) in [5, 5.41) is 0. The van der Waals surface area contributed by atoms with E-state index in [-0.39, 0.29) is 5.41 Å². The first-order chi connectivity index (χ1) is 17.9. The van der Waals surface area contributed by atoms with E-state index in [0.29, 0.717) is 11.8 Å². The third-order valence-corrected chi connectivity index (χ3v) is 7.80. The summed E-state index contributed by atoms with van der Waals surface area (Å²) in [5.41, 5.74) is 10.1. The number of benzene rings is 2. The van der Waals surface area contributed by atoms with Crippen LogP contribution in [-0.4, -0.2) is 0 Å². The Hall–Kier alpha value is -3.84. The number of nitrogens with zero attached hydrogens (tertiary/aromatic N) is 1. The molecule has 2 aromatic rings. The van der Waals surface area contributed by atoms with Crippen molar-refractivity contribution in [1.29, 1.82) is 0 Å². The number of rotatable bonds is 5. The van der Waals surface area contributed by atoms with E-state index in [2.05, 4.69) is 148 Å². The fraction of sp³-hybridized carbons (Fsp3) is 0.222. The smallest absolute Gasteiger partial charge is 0.0534 e. The summed E-state index contributed by atoms with van der Waals surface area (Å²) in [7, 11) is 0. The molecule has 2 atom stereocenters. The van der Waals surface area contributed by atoms with Crippen LogP contribution in [0.1, 0.15) is 50.8 Å². The highest BCUT2D eigenvalue weighted by Crippen LogP contribution is 2.46. The zero-order valence-electron chi connectivity index (χ0n) is 22.5. The van der Waals surface area contributed by atoms with Gasteiger partial charge >= 0.3 is 0 Å². The van der Waals surface area contributed by atoms with Gasteiger partial charge in [-0.2, -0.15) is 0 Å². The SMILES string of the molecule is C=C/C=C(\C=C/C)N1c2ccccc2C=Cc2cc(C3=CCC(C)(C)C(C4C=CC=CC4C)=C3)ccc21. The van der Waals surface area contributed by atoms with Crippen molar-refractivity contribution in [2.24, 2.45) is 17.3 Å². The van der Waals surface area contributed by atoms with Crippen LogP contribution in [-0.2, 0) is 0 Å². The standard InChI is InChI=1S/C36H37N/c1-6-12-31(13-7-2)37-34-17-11-9-15-27(34)18-19-30-24-28(20-21-35(30)37)29-22-23-36(4,5)33(25-29)32-16-10-8-14-26(32)3/h6-22,24-26,32H,1,23H2,2-5H3/b13-7-,31-12+. The fourth-order valence-corrected chi connectivity index (χ4v) is 5.75. The van der Waals surface area contributed by atoms with Gasteiger partial charge in [0.05, 0.1) is 11.4 Å². The van der Waals surface area contributed by atoms with Crippen molar-refractivity contribution in [3.05, 3.63) is 138 Å². The van der Waals surface area contributed by atoms with Gasteiger partial charge in [-0.3, -0.25) is 0 Å². The van der Waals surface area contributed by atoms with Crippen molar-refractivity contribution in [3.8, 4) is 0 Å². The second-order valence-corrected chi connectivity index (χ2v) is 10.8. The lowest BCUT2D eigenvalue weighted by atomic mass is 9.67. The fourth-order valence-electron chi connectivity index (χ4n) is 5.75. The van der Waals surface area contributed by atoms with E-state index >= 15 is 0 Å².